The number of hydrogen-bond acceptors (Lipinski definition) is 4. The third-order valence-corrected chi connectivity index (χ3v) is 4.22. The molecule has 10 heteroatoms. The Morgan fingerprint density at radius 3 is 2.13 bits per heavy atom. The molecule has 122 valence electrons. The standard InChI is InChI=1S/C13H9F3N2O4S/c14-13(15,16)17-23(21,22)11-8-4-7-10(18(19)20)12(11)9-5-2-1-3-6-9/h1-8,17H. The average Bonchev–Trinajstić information content (AvgIpc) is 2.45. The number of nitrogens with zero attached hydrogens (tertiary/aromatic N) is 1. The van der Waals surface area contributed by atoms with Crippen molar-refractivity contribution in [2.75, 3.05) is 0 Å². The third-order valence-electron chi connectivity index (χ3n) is 2.80. The molecular formula is C13H9F3N2O4S. The van der Waals surface area contributed by atoms with Gasteiger partial charge in [-0.2, -0.15) is 13.2 Å². The molecule has 0 heterocycles. The molecule has 0 fully saturated rings. The lowest BCUT2D eigenvalue weighted by molar-refractivity contribution is -0.384. The summed E-state index contributed by atoms with van der Waals surface area (Å²) in [6, 6.07) is 10.2. The highest BCUT2D eigenvalue weighted by atomic mass is 32.2. The molecule has 2 aromatic carbocycles. The van der Waals surface area contributed by atoms with Gasteiger partial charge in [0, 0.05) is 6.07 Å². The molecule has 0 radical (unpaired) electrons. The highest BCUT2D eigenvalue weighted by Crippen LogP contribution is 2.36. The summed E-state index contributed by atoms with van der Waals surface area (Å²) in [5.41, 5.74) is -0.904. The van der Waals surface area contributed by atoms with Crippen molar-refractivity contribution in [3.8, 4) is 11.1 Å². The van der Waals surface area contributed by atoms with E-state index in [4.69, 9.17) is 0 Å². The number of sulfonamides is 1. The first-order valence-corrected chi connectivity index (χ1v) is 7.54. The summed E-state index contributed by atoms with van der Waals surface area (Å²) >= 11 is 0. The van der Waals surface area contributed by atoms with Gasteiger partial charge in [-0.3, -0.25) is 10.1 Å². The quantitative estimate of drug-likeness (QED) is 0.523. The molecule has 0 amide bonds. The zero-order valence-corrected chi connectivity index (χ0v) is 12.1. The van der Waals surface area contributed by atoms with Gasteiger partial charge in [-0.25, -0.2) is 8.42 Å². The fourth-order valence-electron chi connectivity index (χ4n) is 2.00. The van der Waals surface area contributed by atoms with Crippen LogP contribution in [0.15, 0.2) is 53.4 Å². The number of nitro benzene ring substituents is 1. The van der Waals surface area contributed by atoms with Crippen LogP contribution in [0.4, 0.5) is 18.9 Å². The molecule has 1 N–H and O–H groups in total. The van der Waals surface area contributed by atoms with E-state index in [1.54, 1.807) is 6.07 Å². The summed E-state index contributed by atoms with van der Waals surface area (Å²) in [5, 5.41) is 11.1. The summed E-state index contributed by atoms with van der Waals surface area (Å²) in [4.78, 5) is 9.45. The van der Waals surface area contributed by atoms with Crippen molar-refractivity contribution in [2.24, 2.45) is 0 Å². The van der Waals surface area contributed by atoms with E-state index in [9.17, 15) is 31.7 Å². The zero-order valence-electron chi connectivity index (χ0n) is 11.2. The van der Waals surface area contributed by atoms with E-state index in [0.29, 0.717) is 4.72 Å². The minimum atomic E-state index is -5.20. The van der Waals surface area contributed by atoms with Crippen molar-refractivity contribution in [2.45, 2.75) is 11.2 Å². The fourth-order valence-corrected chi connectivity index (χ4v) is 3.16. The summed E-state index contributed by atoms with van der Waals surface area (Å²) in [5.74, 6) is 0. The van der Waals surface area contributed by atoms with Crippen molar-refractivity contribution in [1.29, 1.82) is 0 Å². The molecule has 0 saturated heterocycles. The van der Waals surface area contributed by atoms with E-state index in [1.807, 2.05) is 0 Å². The Balaban J connectivity index is 2.75. The second-order valence-corrected chi connectivity index (χ2v) is 6.03. The average molecular weight is 346 g/mol. The lowest BCUT2D eigenvalue weighted by Gasteiger charge is -2.13. The molecule has 0 aliphatic heterocycles. The normalized spacial score (nSPS) is 12.1. The van der Waals surface area contributed by atoms with Gasteiger partial charge in [0.1, 0.15) is 0 Å². The van der Waals surface area contributed by atoms with Crippen molar-refractivity contribution >= 4 is 15.7 Å². The van der Waals surface area contributed by atoms with Crippen LogP contribution in [0.5, 0.6) is 0 Å². The first kappa shape index (κ1) is 16.9. The van der Waals surface area contributed by atoms with Crippen molar-refractivity contribution in [3.05, 3.63) is 58.6 Å². The Labute approximate surface area is 128 Å². The fraction of sp³-hybridized carbons (Fsp3) is 0.0769. The molecule has 0 aromatic heterocycles. The Bertz CT molecular complexity index is 836. The van der Waals surface area contributed by atoms with E-state index in [-0.39, 0.29) is 5.56 Å². The molecule has 0 unspecified atom stereocenters. The van der Waals surface area contributed by atoms with Crippen molar-refractivity contribution in [3.63, 3.8) is 0 Å². The number of halogens is 3. The molecule has 2 aromatic rings. The summed E-state index contributed by atoms with van der Waals surface area (Å²) in [6.45, 7) is 0. The number of nitro groups is 1. The van der Waals surface area contributed by atoms with Gasteiger partial charge in [0.25, 0.3) is 5.69 Å². The number of hydrogen-bond donors (Lipinski definition) is 1. The predicted molar refractivity (Wildman–Crippen MR) is 74.9 cm³/mol. The van der Waals surface area contributed by atoms with Gasteiger partial charge < -0.3 is 0 Å². The summed E-state index contributed by atoms with van der Waals surface area (Å²) in [7, 11) is -5.03. The largest absolute Gasteiger partial charge is 0.470 e. The van der Waals surface area contributed by atoms with Gasteiger partial charge >= 0.3 is 6.30 Å². The molecule has 0 bridgehead atoms. The Morgan fingerprint density at radius 2 is 1.61 bits per heavy atom. The van der Waals surface area contributed by atoms with Crippen LogP contribution in [-0.4, -0.2) is 19.6 Å². The molecule has 0 aliphatic rings. The SMILES string of the molecule is O=[N+]([O-])c1cccc(S(=O)(=O)NC(F)(F)F)c1-c1ccccc1. The van der Waals surface area contributed by atoms with E-state index in [2.05, 4.69) is 0 Å². The molecule has 2 rings (SSSR count). The van der Waals surface area contributed by atoms with Crippen LogP contribution in [-0.2, 0) is 10.0 Å². The molecule has 0 saturated carbocycles. The zero-order chi connectivity index (χ0) is 17.3. The van der Waals surface area contributed by atoms with Gasteiger partial charge in [0.2, 0.25) is 10.0 Å². The minimum absolute atomic E-state index is 0.113. The molecule has 23 heavy (non-hydrogen) atoms. The smallest absolute Gasteiger partial charge is 0.258 e. The summed E-state index contributed by atoms with van der Waals surface area (Å²) in [6.07, 6.45) is -5.20. The van der Waals surface area contributed by atoms with Crippen LogP contribution in [0, 0.1) is 10.1 Å². The van der Waals surface area contributed by atoms with E-state index >= 15 is 0 Å². The topological polar surface area (TPSA) is 89.3 Å². The van der Waals surface area contributed by atoms with Crippen LogP contribution in [0.25, 0.3) is 11.1 Å². The lowest BCUT2D eigenvalue weighted by atomic mass is 10.0. The first-order valence-electron chi connectivity index (χ1n) is 6.05. The number of benzene rings is 2. The van der Waals surface area contributed by atoms with Crippen LogP contribution < -0.4 is 4.72 Å². The van der Waals surface area contributed by atoms with E-state index < -0.39 is 37.4 Å². The second-order valence-electron chi connectivity index (χ2n) is 4.38. The van der Waals surface area contributed by atoms with Crippen LogP contribution in [0.2, 0.25) is 0 Å². The maximum absolute atomic E-state index is 12.4. The number of rotatable bonds is 4. The first-order chi connectivity index (χ1) is 10.6. The van der Waals surface area contributed by atoms with E-state index in [1.165, 1.54) is 24.3 Å². The maximum atomic E-state index is 12.4. The molecule has 0 aliphatic carbocycles. The van der Waals surface area contributed by atoms with Gasteiger partial charge in [0.15, 0.2) is 0 Å². The monoisotopic (exact) mass is 346 g/mol. The lowest BCUT2D eigenvalue weighted by Crippen LogP contribution is -2.37. The highest BCUT2D eigenvalue weighted by molar-refractivity contribution is 7.89. The maximum Gasteiger partial charge on any atom is 0.470 e. The Morgan fingerprint density at radius 1 is 1.00 bits per heavy atom. The summed E-state index contributed by atoms with van der Waals surface area (Å²) < 4.78 is 61.7. The van der Waals surface area contributed by atoms with Crippen LogP contribution in [0.3, 0.4) is 0 Å². The van der Waals surface area contributed by atoms with Gasteiger partial charge in [-0.15, -0.1) is 4.72 Å². The van der Waals surface area contributed by atoms with Crippen molar-refractivity contribution < 1.29 is 26.5 Å². The Kier molecular flexibility index (Phi) is 4.39. The van der Waals surface area contributed by atoms with Gasteiger partial charge in [-0.1, -0.05) is 36.4 Å². The van der Waals surface area contributed by atoms with E-state index in [0.717, 1.165) is 18.2 Å². The number of nitrogens with one attached hydrogen (secondary N) is 1. The van der Waals surface area contributed by atoms with Crippen LogP contribution >= 0.6 is 0 Å². The van der Waals surface area contributed by atoms with Crippen molar-refractivity contribution in [1.82, 2.24) is 4.72 Å². The predicted octanol–water partition coefficient (Wildman–Crippen LogP) is 3.06. The molecule has 0 spiro atoms. The Hall–Kier alpha value is -2.46. The molecular weight excluding hydrogens is 337 g/mol. The highest BCUT2D eigenvalue weighted by Gasteiger charge is 2.37. The molecule has 6 nitrogen and oxygen atoms in total. The molecule has 0 atom stereocenters. The third kappa shape index (κ3) is 3.85. The van der Waals surface area contributed by atoms with Gasteiger partial charge in [0.05, 0.1) is 15.4 Å². The second kappa shape index (κ2) is 5.97. The minimum Gasteiger partial charge on any atom is -0.258 e. The number of alkyl halides is 3. The van der Waals surface area contributed by atoms with Gasteiger partial charge in [-0.05, 0) is 11.6 Å². The van der Waals surface area contributed by atoms with Crippen LogP contribution in [0.1, 0.15) is 0 Å².